The molecular weight excluding hydrogens is 746 g/mol. The van der Waals surface area contributed by atoms with Crippen LogP contribution in [0.1, 0.15) is 137 Å². The number of hydrogen-bond acceptors (Lipinski definition) is 6. The normalized spacial score (nSPS) is 18.1. The summed E-state index contributed by atoms with van der Waals surface area (Å²) in [7, 11) is 0. The molecule has 0 unspecified atom stereocenters. The quantitative estimate of drug-likeness (QED) is 0.104. The van der Waals surface area contributed by atoms with Crippen LogP contribution in [0.2, 0.25) is 5.02 Å². The third-order valence-corrected chi connectivity index (χ3v) is 14.2. The van der Waals surface area contributed by atoms with Gasteiger partial charge in [-0.2, -0.15) is 11.8 Å². The second kappa shape index (κ2) is 20.7. The van der Waals surface area contributed by atoms with Crippen molar-refractivity contribution in [2.24, 2.45) is 11.1 Å². The average Bonchev–Trinajstić information content (AvgIpc) is 3.98. The van der Waals surface area contributed by atoms with Crippen molar-refractivity contribution in [1.29, 1.82) is 0 Å². The van der Waals surface area contributed by atoms with E-state index in [0.29, 0.717) is 5.02 Å². The fourth-order valence-corrected chi connectivity index (χ4v) is 10.7. The van der Waals surface area contributed by atoms with Crippen LogP contribution >= 0.6 is 23.4 Å². The van der Waals surface area contributed by atoms with E-state index in [-0.39, 0.29) is 17.1 Å². The molecule has 1 atom stereocenters. The maximum atomic E-state index is 11.5. The monoisotopic (exact) mass is 809 g/mol. The summed E-state index contributed by atoms with van der Waals surface area (Å²) in [5.41, 5.74) is 11.0. The average molecular weight is 811 g/mol. The van der Waals surface area contributed by atoms with Crippen molar-refractivity contribution < 1.29 is 15.0 Å². The van der Waals surface area contributed by atoms with Gasteiger partial charge in [0.2, 0.25) is 0 Å². The van der Waals surface area contributed by atoms with Gasteiger partial charge >= 0.3 is 5.97 Å². The van der Waals surface area contributed by atoms with Gasteiger partial charge in [-0.1, -0.05) is 117 Å². The molecule has 1 heterocycles. The molecule has 57 heavy (non-hydrogen) atoms. The highest BCUT2D eigenvalue weighted by molar-refractivity contribution is 7.99. The van der Waals surface area contributed by atoms with Gasteiger partial charge in [-0.25, -0.2) is 4.98 Å². The standard InChI is InChI=1S/C35H36ClNO3S.C14H28N2/c1-34(2,40)30-9-4-3-7-25(30)13-17-32(41-23-35(18-19-35)22-33(38)39)27-8-5-6-24(20-27)10-15-29-16-12-26-11-14-28(36)21-31(26)37-29;15-11-12-16(13-7-3-1-4-8-13)14-9-5-2-6-10-14/h3-12,14-16,20-21,32,40H,13,17-19,22-23H2,1-2H3,(H,38,39);13-14H,1-12,15H2/b15-10+;/t32-;/m1./s1. The number of thioether (sulfide) groups is 1. The zero-order valence-electron chi connectivity index (χ0n) is 34.2. The first-order valence-electron chi connectivity index (χ1n) is 21.5. The van der Waals surface area contributed by atoms with Gasteiger partial charge in [0.15, 0.2) is 0 Å². The summed E-state index contributed by atoms with van der Waals surface area (Å²) < 4.78 is 0. The smallest absolute Gasteiger partial charge is 0.303 e. The van der Waals surface area contributed by atoms with E-state index >= 15 is 0 Å². The molecule has 306 valence electrons. The Morgan fingerprint density at radius 2 is 1.61 bits per heavy atom. The topological polar surface area (TPSA) is 99.7 Å². The Morgan fingerprint density at radius 1 is 0.930 bits per heavy atom. The second-order valence-electron chi connectivity index (χ2n) is 17.3. The maximum Gasteiger partial charge on any atom is 0.303 e. The minimum Gasteiger partial charge on any atom is -0.481 e. The number of aliphatic carboxylic acids is 1. The summed E-state index contributed by atoms with van der Waals surface area (Å²) >= 11 is 8.04. The van der Waals surface area contributed by atoms with E-state index in [9.17, 15) is 15.0 Å². The third kappa shape index (κ3) is 12.9. The van der Waals surface area contributed by atoms with Gasteiger partial charge in [0.05, 0.1) is 23.2 Å². The number of aryl methyl sites for hydroxylation is 1. The van der Waals surface area contributed by atoms with Gasteiger partial charge in [-0.15, -0.1) is 0 Å². The Morgan fingerprint density at radius 3 is 2.26 bits per heavy atom. The van der Waals surface area contributed by atoms with Gasteiger partial charge in [0, 0.05) is 46.6 Å². The van der Waals surface area contributed by atoms with Crippen LogP contribution in [0, 0.1) is 5.41 Å². The van der Waals surface area contributed by atoms with Gasteiger partial charge in [0.25, 0.3) is 0 Å². The molecule has 1 aromatic heterocycles. The van der Waals surface area contributed by atoms with Crippen molar-refractivity contribution in [2.75, 3.05) is 18.8 Å². The number of fused-ring (bicyclic) bond motifs is 1. The Bertz CT molecular complexity index is 1910. The zero-order chi connectivity index (χ0) is 40.3. The highest BCUT2D eigenvalue weighted by Gasteiger charge is 2.44. The number of carbonyl (C=O) groups is 1. The molecule has 7 rings (SSSR count). The van der Waals surface area contributed by atoms with Crippen LogP contribution in [0.3, 0.4) is 0 Å². The van der Waals surface area contributed by atoms with Crippen LogP contribution in [0.25, 0.3) is 23.1 Å². The molecule has 0 spiro atoms. The molecule has 0 radical (unpaired) electrons. The van der Waals surface area contributed by atoms with E-state index in [2.05, 4.69) is 47.4 Å². The Labute approximate surface area is 350 Å². The van der Waals surface area contributed by atoms with Gasteiger partial charge in [-0.3, -0.25) is 9.69 Å². The minimum absolute atomic E-state index is 0.0814. The maximum absolute atomic E-state index is 11.5. The first-order valence-corrected chi connectivity index (χ1v) is 22.9. The molecule has 0 saturated heterocycles. The summed E-state index contributed by atoms with van der Waals surface area (Å²) in [6.45, 7) is 5.63. The predicted molar refractivity (Wildman–Crippen MR) is 241 cm³/mol. The molecule has 3 fully saturated rings. The molecule has 0 aliphatic heterocycles. The third-order valence-electron chi connectivity index (χ3n) is 12.3. The van der Waals surface area contributed by atoms with Gasteiger partial charge in [0.1, 0.15) is 0 Å². The first kappa shape index (κ1) is 43.4. The molecule has 3 saturated carbocycles. The number of aromatic nitrogens is 1. The lowest BCUT2D eigenvalue weighted by atomic mass is 9.88. The summed E-state index contributed by atoms with van der Waals surface area (Å²) in [5, 5.41) is 22.1. The lowest BCUT2D eigenvalue weighted by Gasteiger charge is -2.41. The number of halogens is 1. The van der Waals surface area contributed by atoms with Crippen molar-refractivity contribution in [2.45, 2.75) is 133 Å². The molecule has 4 aromatic rings. The van der Waals surface area contributed by atoms with Crippen molar-refractivity contribution in [3.05, 3.63) is 112 Å². The summed E-state index contributed by atoms with van der Waals surface area (Å²) in [6.07, 6.45) is 22.4. The zero-order valence-corrected chi connectivity index (χ0v) is 35.8. The van der Waals surface area contributed by atoms with Crippen LogP contribution in [-0.4, -0.2) is 57.0 Å². The summed E-state index contributed by atoms with van der Waals surface area (Å²) in [4.78, 5) is 19.0. The number of hydrogen-bond donors (Lipinski definition) is 3. The largest absolute Gasteiger partial charge is 0.481 e. The van der Waals surface area contributed by atoms with E-state index in [4.69, 9.17) is 22.3 Å². The summed E-state index contributed by atoms with van der Waals surface area (Å²) in [6, 6.07) is 28.2. The second-order valence-corrected chi connectivity index (χ2v) is 18.9. The summed E-state index contributed by atoms with van der Waals surface area (Å²) in [5.74, 6) is 0.122. The number of carboxylic acid groups (broad SMARTS) is 1. The molecule has 3 aliphatic rings. The fourth-order valence-electron chi connectivity index (χ4n) is 9.00. The van der Waals surface area contributed by atoms with Crippen LogP contribution in [-0.2, 0) is 16.8 Å². The fraction of sp³-hybridized carbons (Fsp3) is 0.510. The van der Waals surface area contributed by atoms with E-state index in [1.54, 1.807) is 0 Å². The minimum atomic E-state index is -0.911. The number of aliphatic hydroxyl groups is 1. The van der Waals surface area contributed by atoms with Crippen molar-refractivity contribution in [3.8, 4) is 0 Å². The van der Waals surface area contributed by atoms with Crippen LogP contribution in [0.5, 0.6) is 0 Å². The highest BCUT2D eigenvalue weighted by Crippen LogP contribution is 2.53. The predicted octanol–water partition coefficient (Wildman–Crippen LogP) is 11.9. The van der Waals surface area contributed by atoms with Crippen LogP contribution in [0.4, 0.5) is 0 Å². The molecule has 3 aromatic carbocycles. The number of pyridine rings is 1. The highest BCUT2D eigenvalue weighted by atomic mass is 35.5. The molecule has 6 nitrogen and oxygen atoms in total. The number of carboxylic acids is 1. The van der Waals surface area contributed by atoms with Crippen molar-refractivity contribution in [3.63, 3.8) is 0 Å². The Balaban J connectivity index is 0.000000286. The number of nitrogens with two attached hydrogens (primary N) is 1. The van der Waals surface area contributed by atoms with Crippen LogP contribution in [0.15, 0.2) is 78.9 Å². The van der Waals surface area contributed by atoms with E-state index in [1.807, 2.05) is 74.1 Å². The SMILES string of the molecule is CC(C)(O)c1ccccc1CC[C@@H](SCC1(CC(=O)O)CC1)c1cccc(/C=C/c2ccc3ccc(Cl)cc3n2)c1.NCCN(C1CCCCC1)C1CCCCC1. The lowest BCUT2D eigenvalue weighted by Crippen LogP contribution is -2.47. The van der Waals surface area contributed by atoms with Crippen molar-refractivity contribution in [1.82, 2.24) is 9.88 Å². The van der Waals surface area contributed by atoms with Crippen LogP contribution < -0.4 is 5.73 Å². The number of nitrogens with zero attached hydrogens (tertiary/aromatic N) is 2. The lowest BCUT2D eigenvalue weighted by molar-refractivity contribution is -0.138. The van der Waals surface area contributed by atoms with E-state index in [0.717, 1.165) is 89.9 Å². The molecular formula is C49H64ClN3O3S. The molecule has 8 heteroatoms. The van der Waals surface area contributed by atoms with E-state index in [1.165, 1.54) is 69.8 Å². The molecule has 0 amide bonds. The number of benzene rings is 3. The molecule has 0 bridgehead atoms. The van der Waals surface area contributed by atoms with Crippen molar-refractivity contribution >= 4 is 52.4 Å². The van der Waals surface area contributed by atoms with E-state index < -0.39 is 11.6 Å². The molecule has 3 aliphatic carbocycles. The van der Waals surface area contributed by atoms with Gasteiger partial charge < -0.3 is 15.9 Å². The molecule has 4 N–H and O–H groups in total. The number of rotatable bonds is 16. The van der Waals surface area contributed by atoms with Gasteiger partial charge in [-0.05, 0) is 117 Å². The Kier molecular flexibility index (Phi) is 15.7. The first-order chi connectivity index (χ1) is 27.5. The Hall–Kier alpha value is -3.20.